The molecule has 2 heterocycles. The number of Topliss-reactive ketones (excluding diaryl/α,β-unsaturated/α-hetero) is 1. The van der Waals surface area contributed by atoms with Crippen LogP contribution in [0.2, 0.25) is 0 Å². The molecule has 0 aliphatic carbocycles. The molecule has 2 saturated heterocycles. The molecule has 39 heavy (non-hydrogen) atoms. The van der Waals surface area contributed by atoms with Gasteiger partial charge in [0.05, 0.1) is 29.7 Å². The fourth-order valence-corrected chi connectivity index (χ4v) is 5.81. The molecule has 0 bridgehead atoms. The fraction of sp³-hybridized carbons (Fsp3) is 0.448. The summed E-state index contributed by atoms with van der Waals surface area (Å²) in [5, 5.41) is 11.4. The third kappa shape index (κ3) is 5.94. The Labute approximate surface area is 230 Å². The average Bonchev–Trinajstić information content (AvgIpc) is 3.16. The molecule has 0 saturated carbocycles. The number of nitrogens with zero attached hydrogens (tertiary/aromatic N) is 3. The third-order valence-corrected chi connectivity index (χ3v) is 9.09. The summed E-state index contributed by atoms with van der Waals surface area (Å²) in [5.74, 6) is -1.88. The van der Waals surface area contributed by atoms with Crippen molar-refractivity contribution in [3.63, 3.8) is 0 Å². The third-order valence-electron chi connectivity index (χ3n) is 7.28. The van der Waals surface area contributed by atoms with Gasteiger partial charge in [0, 0.05) is 45.8 Å². The van der Waals surface area contributed by atoms with Crippen LogP contribution in [0, 0.1) is 0 Å². The normalized spacial score (nSPS) is 20.7. The maximum absolute atomic E-state index is 13.4. The first-order chi connectivity index (χ1) is 18.3. The van der Waals surface area contributed by atoms with Crippen molar-refractivity contribution >= 4 is 27.5 Å². The van der Waals surface area contributed by atoms with E-state index in [1.54, 1.807) is 0 Å². The second kappa shape index (κ2) is 11.2. The summed E-state index contributed by atoms with van der Waals surface area (Å²) >= 11 is 0. The Balaban J connectivity index is 1.80. The van der Waals surface area contributed by atoms with Gasteiger partial charge in [-0.1, -0.05) is 57.2 Å². The molecule has 2 aromatic carbocycles. The van der Waals surface area contributed by atoms with Crippen molar-refractivity contribution in [2.75, 3.05) is 53.5 Å². The van der Waals surface area contributed by atoms with E-state index in [2.05, 4.69) is 25.7 Å². The van der Waals surface area contributed by atoms with Crippen LogP contribution in [-0.4, -0.2) is 92.8 Å². The van der Waals surface area contributed by atoms with E-state index >= 15 is 0 Å². The van der Waals surface area contributed by atoms with E-state index < -0.39 is 33.5 Å². The van der Waals surface area contributed by atoms with E-state index in [4.69, 9.17) is 4.74 Å². The van der Waals surface area contributed by atoms with E-state index in [1.165, 1.54) is 43.3 Å². The highest BCUT2D eigenvalue weighted by Crippen LogP contribution is 2.40. The minimum atomic E-state index is -3.78. The molecule has 2 aliphatic rings. The first-order valence-electron chi connectivity index (χ1n) is 13.0. The summed E-state index contributed by atoms with van der Waals surface area (Å²) < 4.78 is 31.9. The van der Waals surface area contributed by atoms with E-state index in [-0.39, 0.29) is 21.4 Å². The number of likely N-dealkylation sites (tertiary alicyclic amines) is 1. The minimum absolute atomic E-state index is 0.0239. The van der Waals surface area contributed by atoms with Crippen LogP contribution in [0.1, 0.15) is 43.5 Å². The van der Waals surface area contributed by atoms with Crippen LogP contribution in [-0.2, 0) is 29.8 Å². The molecule has 9 nitrogen and oxygen atoms in total. The fourth-order valence-electron chi connectivity index (χ4n) is 4.87. The highest BCUT2D eigenvalue weighted by atomic mass is 32.2. The summed E-state index contributed by atoms with van der Waals surface area (Å²) in [7, 11) is -0.936. The SMILES string of the molecule is CN(C)S(=O)(=O)c1cccc(C(O)=C2C(=O)C(=O)N(CCN3CCOCC3)C2c2ccc(C(C)(C)C)cc2)c1. The molecule has 2 aromatic rings. The van der Waals surface area contributed by atoms with Crippen LogP contribution in [0.5, 0.6) is 0 Å². The molecular formula is C29H37N3O6S. The Kier molecular flexibility index (Phi) is 8.32. The van der Waals surface area contributed by atoms with Crippen molar-refractivity contribution in [2.45, 2.75) is 37.1 Å². The van der Waals surface area contributed by atoms with Crippen LogP contribution < -0.4 is 0 Å². The number of amides is 1. The summed E-state index contributed by atoms with van der Waals surface area (Å²) in [6, 6.07) is 12.7. The number of ether oxygens (including phenoxy) is 1. The average molecular weight is 556 g/mol. The number of hydrogen-bond donors (Lipinski definition) is 1. The number of sulfonamides is 1. The number of carbonyl (C=O) groups is 2. The number of ketones is 1. The quantitative estimate of drug-likeness (QED) is 0.318. The van der Waals surface area contributed by atoms with Crippen molar-refractivity contribution < 1.29 is 27.9 Å². The molecule has 1 unspecified atom stereocenters. The molecule has 210 valence electrons. The van der Waals surface area contributed by atoms with E-state index in [1.807, 2.05) is 24.3 Å². The van der Waals surface area contributed by atoms with Gasteiger partial charge in [-0.2, -0.15) is 0 Å². The molecule has 1 atom stereocenters. The van der Waals surface area contributed by atoms with E-state index in [9.17, 15) is 23.1 Å². The van der Waals surface area contributed by atoms with Crippen LogP contribution in [0.25, 0.3) is 5.76 Å². The van der Waals surface area contributed by atoms with Crippen molar-refractivity contribution in [3.05, 3.63) is 70.8 Å². The van der Waals surface area contributed by atoms with Gasteiger partial charge in [-0.05, 0) is 28.7 Å². The summed E-state index contributed by atoms with van der Waals surface area (Å²) in [6.07, 6.45) is 0. The van der Waals surface area contributed by atoms with Crippen LogP contribution in [0.15, 0.2) is 59.0 Å². The minimum Gasteiger partial charge on any atom is -0.507 e. The van der Waals surface area contributed by atoms with Crippen LogP contribution >= 0.6 is 0 Å². The second-order valence-corrected chi connectivity index (χ2v) is 13.3. The Bertz CT molecular complexity index is 1370. The predicted octanol–water partition coefficient (Wildman–Crippen LogP) is 2.99. The van der Waals surface area contributed by atoms with Crippen molar-refractivity contribution in [1.29, 1.82) is 0 Å². The number of aliphatic hydroxyl groups excluding tert-OH is 1. The molecule has 1 amide bonds. The Morgan fingerprint density at radius 1 is 1.03 bits per heavy atom. The lowest BCUT2D eigenvalue weighted by Crippen LogP contribution is -2.42. The molecular weight excluding hydrogens is 518 g/mol. The van der Waals surface area contributed by atoms with Gasteiger partial charge in [-0.3, -0.25) is 14.5 Å². The van der Waals surface area contributed by atoms with Gasteiger partial charge in [-0.25, -0.2) is 12.7 Å². The Morgan fingerprint density at radius 2 is 1.67 bits per heavy atom. The van der Waals surface area contributed by atoms with Crippen LogP contribution in [0.3, 0.4) is 0 Å². The molecule has 0 radical (unpaired) electrons. The molecule has 0 aromatic heterocycles. The number of rotatable bonds is 7. The van der Waals surface area contributed by atoms with Crippen molar-refractivity contribution in [1.82, 2.24) is 14.1 Å². The van der Waals surface area contributed by atoms with Gasteiger partial charge in [0.25, 0.3) is 11.7 Å². The van der Waals surface area contributed by atoms with Crippen molar-refractivity contribution in [3.8, 4) is 0 Å². The topological polar surface area (TPSA) is 107 Å². The zero-order valence-corrected chi connectivity index (χ0v) is 24.0. The lowest BCUT2D eigenvalue weighted by atomic mass is 9.85. The van der Waals surface area contributed by atoms with Crippen molar-refractivity contribution in [2.24, 2.45) is 0 Å². The lowest BCUT2D eigenvalue weighted by Gasteiger charge is -2.31. The van der Waals surface area contributed by atoms with E-state index in [0.29, 0.717) is 31.9 Å². The van der Waals surface area contributed by atoms with Gasteiger partial charge < -0.3 is 14.7 Å². The molecule has 2 aliphatic heterocycles. The van der Waals surface area contributed by atoms with E-state index in [0.717, 1.165) is 23.0 Å². The monoisotopic (exact) mass is 555 g/mol. The summed E-state index contributed by atoms with van der Waals surface area (Å²) in [4.78, 5) is 30.4. The van der Waals surface area contributed by atoms with Gasteiger partial charge in [0.1, 0.15) is 5.76 Å². The molecule has 0 spiro atoms. The van der Waals surface area contributed by atoms with Crippen LogP contribution in [0.4, 0.5) is 0 Å². The molecule has 10 heteroatoms. The first-order valence-corrected chi connectivity index (χ1v) is 14.5. The highest BCUT2D eigenvalue weighted by Gasteiger charge is 2.46. The summed E-state index contributed by atoms with van der Waals surface area (Å²) in [6.45, 7) is 9.86. The van der Waals surface area contributed by atoms with Gasteiger partial charge in [0.2, 0.25) is 10.0 Å². The van der Waals surface area contributed by atoms with Gasteiger partial charge >= 0.3 is 0 Å². The van der Waals surface area contributed by atoms with Gasteiger partial charge in [0.15, 0.2) is 0 Å². The zero-order chi connectivity index (χ0) is 28.5. The number of hydrogen-bond acceptors (Lipinski definition) is 7. The molecule has 2 fully saturated rings. The number of morpholine rings is 1. The molecule has 4 rings (SSSR count). The highest BCUT2D eigenvalue weighted by molar-refractivity contribution is 7.89. The maximum atomic E-state index is 13.4. The number of benzene rings is 2. The standard InChI is InChI=1S/C29H37N3O6S/c1-29(2,3)22-11-9-20(10-12-22)25-24(26(33)21-7-6-8-23(19-21)39(36,37)30(4)5)27(34)28(35)32(25)14-13-31-15-17-38-18-16-31/h6-12,19,25,33H,13-18H2,1-5H3. The number of carbonyl (C=O) groups excluding carboxylic acids is 2. The smallest absolute Gasteiger partial charge is 0.295 e. The predicted molar refractivity (Wildman–Crippen MR) is 149 cm³/mol. The first kappa shape index (κ1) is 28.9. The second-order valence-electron chi connectivity index (χ2n) is 11.1. The largest absolute Gasteiger partial charge is 0.507 e. The molecule has 1 N–H and O–H groups in total. The Hall–Kier alpha value is -3.05. The zero-order valence-electron chi connectivity index (χ0n) is 23.2. The Morgan fingerprint density at radius 3 is 2.26 bits per heavy atom. The van der Waals surface area contributed by atoms with Gasteiger partial charge in [-0.15, -0.1) is 0 Å². The summed E-state index contributed by atoms with van der Waals surface area (Å²) in [5.41, 5.74) is 1.81. The lowest BCUT2D eigenvalue weighted by molar-refractivity contribution is -0.140. The maximum Gasteiger partial charge on any atom is 0.295 e. The number of aliphatic hydroxyl groups is 1.